The molecule has 20 heavy (non-hydrogen) atoms. The van der Waals surface area contributed by atoms with Crippen LogP contribution in [0.25, 0.3) is 0 Å². The molecule has 0 saturated carbocycles. The molecule has 2 rings (SSSR count). The Hall–Kier alpha value is -1.51. The number of rotatable bonds is 3. The largest absolute Gasteiger partial charge is 0.444 e. The van der Waals surface area contributed by atoms with E-state index in [2.05, 4.69) is 24.3 Å². The number of aryl methyl sites for hydroxylation is 1. The molecule has 0 spiro atoms. The van der Waals surface area contributed by atoms with Gasteiger partial charge in [-0.25, -0.2) is 4.79 Å². The molecular formula is C17H25NO2. The van der Waals surface area contributed by atoms with E-state index in [0.717, 1.165) is 32.2 Å². The maximum Gasteiger partial charge on any atom is 0.410 e. The van der Waals surface area contributed by atoms with Crippen molar-refractivity contribution >= 4 is 6.09 Å². The molecule has 1 aliphatic rings. The second-order valence-corrected chi connectivity index (χ2v) is 6.49. The van der Waals surface area contributed by atoms with Crippen LogP contribution in [0.15, 0.2) is 30.3 Å². The minimum atomic E-state index is -0.413. The summed E-state index contributed by atoms with van der Waals surface area (Å²) in [7, 11) is 0. The van der Waals surface area contributed by atoms with Crippen LogP contribution in [0.4, 0.5) is 4.79 Å². The van der Waals surface area contributed by atoms with Gasteiger partial charge < -0.3 is 9.64 Å². The van der Waals surface area contributed by atoms with Crippen LogP contribution < -0.4 is 0 Å². The average molecular weight is 275 g/mol. The number of hydrogen-bond acceptors (Lipinski definition) is 2. The summed E-state index contributed by atoms with van der Waals surface area (Å²) in [6, 6.07) is 10.8. The molecule has 0 aromatic heterocycles. The Morgan fingerprint density at radius 1 is 1.30 bits per heavy atom. The predicted octanol–water partition coefficient (Wildman–Crippen LogP) is 4.02. The van der Waals surface area contributed by atoms with Crippen molar-refractivity contribution in [1.82, 2.24) is 4.90 Å². The van der Waals surface area contributed by atoms with Gasteiger partial charge in [-0.15, -0.1) is 0 Å². The number of benzene rings is 1. The first kappa shape index (κ1) is 14.9. The predicted molar refractivity (Wildman–Crippen MR) is 80.7 cm³/mol. The lowest BCUT2D eigenvalue weighted by Gasteiger charge is -2.28. The molecule has 110 valence electrons. The smallest absolute Gasteiger partial charge is 0.410 e. The molecule has 3 nitrogen and oxygen atoms in total. The first-order valence-electron chi connectivity index (χ1n) is 7.49. The van der Waals surface area contributed by atoms with Crippen LogP contribution in [0.5, 0.6) is 0 Å². The van der Waals surface area contributed by atoms with Crippen LogP contribution in [0, 0.1) is 0 Å². The summed E-state index contributed by atoms with van der Waals surface area (Å²) < 4.78 is 5.49. The van der Waals surface area contributed by atoms with Crippen LogP contribution in [-0.4, -0.2) is 29.2 Å². The quantitative estimate of drug-likeness (QED) is 0.834. The van der Waals surface area contributed by atoms with Crippen molar-refractivity contribution in [2.24, 2.45) is 0 Å². The number of nitrogens with zero attached hydrogens (tertiary/aromatic N) is 1. The summed E-state index contributed by atoms with van der Waals surface area (Å²) >= 11 is 0. The van der Waals surface area contributed by atoms with Crippen LogP contribution in [0.3, 0.4) is 0 Å². The highest BCUT2D eigenvalue weighted by Crippen LogP contribution is 2.24. The van der Waals surface area contributed by atoms with Crippen molar-refractivity contribution in [2.45, 2.75) is 58.1 Å². The van der Waals surface area contributed by atoms with Gasteiger partial charge in [-0.05, 0) is 52.0 Å². The molecule has 1 aliphatic heterocycles. The van der Waals surface area contributed by atoms with E-state index in [9.17, 15) is 4.79 Å². The molecule has 1 aromatic carbocycles. The number of amides is 1. The van der Waals surface area contributed by atoms with Gasteiger partial charge in [-0.3, -0.25) is 0 Å². The molecule has 0 bridgehead atoms. The van der Waals surface area contributed by atoms with E-state index in [1.807, 2.05) is 31.7 Å². The Labute approximate surface area is 121 Å². The fraction of sp³-hybridized carbons (Fsp3) is 0.588. The van der Waals surface area contributed by atoms with Crippen molar-refractivity contribution in [3.63, 3.8) is 0 Å². The minimum absolute atomic E-state index is 0.159. The number of ether oxygens (including phenoxy) is 1. The molecule has 1 saturated heterocycles. The minimum Gasteiger partial charge on any atom is -0.444 e. The van der Waals surface area contributed by atoms with E-state index in [0.29, 0.717) is 6.04 Å². The fourth-order valence-corrected chi connectivity index (χ4v) is 2.67. The monoisotopic (exact) mass is 275 g/mol. The van der Waals surface area contributed by atoms with E-state index in [1.165, 1.54) is 5.56 Å². The SMILES string of the molecule is CC(C)(C)OC(=O)N1CCC[C@H]1CCc1ccccc1. The van der Waals surface area contributed by atoms with Gasteiger partial charge in [0.1, 0.15) is 5.60 Å². The third-order valence-electron chi connectivity index (χ3n) is 3.61. The second kappa shape index (κ2) is 6.29. The van der Waals surface area contributed by atoms with E-state index >= 15 is 0 Å². The van der Waals surface area contributed by atoms with Crippen LogP contribution in [-0.2, 0) is 11.2 Å². The number of hydrogen-bond donors (Lipinski definition) is 0. The van der Waals surface area contributed by atoms with E-state index in [-0.39, 0.29) is 6.09 Å². The number of carbonyl (C=O) groups is 1. The zero-order valence-electron chi connectivity index (χ0n) is 12.8. The van der Waals surface area contributed by atoms with Crippen LogP contribution >= 0.6 is 0 Å². The van der Waals surface area contributed by atoms with E-state index in [4.69, 9.17) is 4.74 Å². The molecule has 0 aliphatic carbocycles. The molecule has 3 heteroatoms. The summed E-state index contributed by atoms with van der Waals surface area (Å²) in [4.78, 5) is 14.1. The van der Waals surface area contributed by atoms with Gasteiger partial charge in [0, 0.05) is 12.6 Å². The molecule has 1 heterocycles. The molecule has 1 atom stereocenters. The molecule has 0 radical (unpaired) electrons. The van der Waals surface area contributed by atoms with E-state index < -0.39 is 5.60 Å². The first-order chi connectivity index (χ1) is 9.46. The Morgan fingerprint density at radius 3 is 2.65 bits per heavy atom. The molecule has 1 fully saturated rings. The lowest BCUT2D eigenvalue weighted by molar-refractivity contribution is 0.0220. The van der Waals surface area contributed by atoms with Gasteiger partial charge >= 0.3 is 6.09 Å². The highest BCUT2D eigenvalue weighted by Gasteiger charge is 2.31. The lowest BCUT2D eigenvalue weighted by atomic mass is 10.0. The first-order valence-corrected chi connectivity index (χ1v) is 7.49. The third-order valence-corrected chi connectivity index (χ3v) is 3.61. The molecule has 0 unspecified atom stereocenters. The summed E-state index contributed by atoms with van der Waals surface area (Å²) in [5.41, 5.74) is 0.924. The Bertz CT molecular complexity index is 436. The molecular weight excluding hydrogens is 250 g/mol. The standard InChI is InChI=1S/C17H25NO2/c1-17(2,3)20-16(19)18-13-7-10-15(18)12-11-14-8-5-4-6-9-14/h4-6,8-9,15H,7,10-13H2,1-3H3/t15-/m0/s1. The Kier molecular flexibility index (Phi) is 4.69. The third kappa shape index (κ3) is 4.26. The fourth-order valence-electron chi connectivity index (χ4n) is 2.67. The van der Waals surface area contributed by atoms with Crippen LogP contribution in [0.1, 0.15) is 45.6 Å². The van der Waals surface area contributed by atoms with Gasteiger partial charge in [0.25, 0.3) is 0 Å². The molecule has 1 aromatic rings. The van der Waals surface area contributed by atoms with Crippen molar-refractivity contribution in [2.75, 3.05) is 6.54 Å². The highest BCUT2D eigenvalue weighted by molar-refractivity contribution is 5.68. The Morgan fingerprint density at radius 2 is 2.00 bits per heavy atom. The topological polar surface area (TPSA) is 29.5 Å². The van der Waals surface area contributed by atoms with Gasteiger partial charge in [0.05, 0.1) is 0 Å². The Balaban J connectivity index is 1.89. The lowest BCUT2D eigenvalue weighted by Crippen LogP contribution is -2.40. The maximum atomic E-state index is 12.2. The summed E-state index contributed by atoms with van der Waals surface area (Å²) in [6.07, 6.45) is 4.05. The van der Waals surface area contributed by atoms with Crippen molar-refractivity contribution in [3.8, 4) is 0 Å². The van der Waals surface area contributed by atoms with Gasteiger partial charge in [0.2, 0.25) is 0 Å². The van der Waals surface area contributed by atoms with Crippen molar-refractivity contribution < 1.29 is 9.53 Å². The van der Waals surface area contributed by atoms with Gasteiger partial charge in [-0.1, -0.05) is 30.3 Å². The second-order valence-electron chi connectivity index (χ2n) is 6.49. The summed E-state index contributed by atoms with van der Waals surface area (Å²) in [6.45, 7) is 6.58. The van der Waals surface area contributed by atoms with E-state index in [1.54, 1.807) is 0 Å². The normalized spacial score (nSPS) is 19.1. The zero-order valence-corrected chi connectivity index (χ0v) is 12.8. The van der Waals surface area contributed by atoms with Crippen molar-refractivity contribution in [1.29, 1.82) is 0 Å². The van der Waals surface area contributed by atoms with Crippen molar-refractivity contribution in [3.05, 3.63) is 35.9 Å². The highest BCUT2D eigenvalue weighted by atomic mass is 16.6. The van der Waals surface area contributed by atoms with Gasteiger partial charge in [0.15, 0.2) is 0 Å². The maximum absolute atomic E-state index is 12.2. The summed E-state index contributed by atoms with van der Waals surface area (Å²) in [5.74, 6) is 0. The average Bonchev–Trinajstić information content (AvgIpc) is 2.84. The summed E-state index contributed by atoms with van der Waals surface area (Å²) in [5, 5.41) is 0. The van der Waals surface area contributed by atoms with Gasteiger partial charge in [-0.2, -0.15) is 0 Å². The number of likely N-dealkylation sites (tertiary alicyclic amines) is 1. The zero-order chi connectivity index (χ0) is 14.6. The number of carbonyl (C=O) groups excluding carboxylic acids is 1. The molecule has 0 N–H and O–H groups in total. The van der Waals surface area contributed by atoms with Crippen LogP contribution in [0.2, 0.25) is 0 Å². The molecule has 1 amide bonds.